The van der Waals surface area contributed by atoms with E-state index in [0.717, 1.165) is 5.56 Å². The number of methoxy groups -OCH3 is 2. The molecular weight excluding hydrogens is 344 g/mol. The van der Waals surface area contributed by atoms with E-state index in [1.165, 1.54) is 45.5 Å². The van der Waals surface area contributed by atoms with Gasteiger partial charge < -0.3 is 14.8 Å². The van der Waals surface area contributed by atoms with Crippen LogP contribution >= 0.6 is 0 Å². The molecule has 0 bridgehead atoms. The van der Waals surface area contributed by atoms with Gasteiger partial charge in [0.1, 0.15) is 0 Å². The fourth-order valence-electron chi connectivity index (χ4n) is 2.18. The van der Waals surface area contributed by atoms with Gasteiger partial charge in [0.25, 0.3) is 5.91 Å². The van der Waals surface area contributed by atoms with Crippen LogP contribution in [0.4, 0.5) is 0 Å². The van der Waals surface area contributed by atoms with E-state index in [1.54, 1.807) is 18.2 Å². The SMILES string of the molecule is CNC(=O)c1ccc(S(=O)(=O)NCc2ccc(OC)c(OC)c2)cc1. The first-order valence-corrected chi connectivity index (χ1v) is 8.92. The van der Waals surface area contributed by atoms with Crippen LogP contribution in [0.15, 0.2) is 47.4 Å². The van der Waals surface area contributed by atoms with E-state index in [2.05, 4.69) is 10.0 Å². The highest BCUT2D eigenvalue weighted by molar-refractivity contribution is 7.89. The zero-order valence-corrected chi connectivity index (χ0v) is 15.0. The zero-order valence-electron chi connectivity index (χ0n) is 14.2. The Morgan fingerprint density at radius 3 is 2.20 bits per heavy atom. The van der Waals surface area contributed by atoms with Gasteiger partial charge in [0.2, 0.25) is 10.0 Å². The summed E-state index contributed by atoms with van der Waals surface area (Å²) in [5.41, 5.74) is 1.12. The lowest BCUT2D eigenvalue weighted by atomic mass is 10.2. The number of sulfonamides is 1. The van der Waals surface area contributed by atoms with Crippen LogP contribution in [0, 0.1) is 0 Å². The molecule has 0 unspecified atom stereocenters. The maximum Gasteiger partial charge on any atom is 0.251 e. The van der Waals surface area contributed by atoms with E-state index in [-0.39, 0.29) is 17.3 Å². The third kappa shape index (κ3) is 4.49. The maximum atomic E-state index is 12.4. The van der Waals surface area contributed by atoms with Gasteiger partial charge >= 0.3 is 0 Å². The first kappa shape index (κ1) is 18.8. The molecule has 0 aromatic heterocycles. The molecule has 0 saturated carbocycles. The van der Waals surface area contributed by atoms with E-state index in [1.807, 2.05) is 0 Å². The highest BCUT2D eigenvalue weighted by Gasteiger charge is 2.15. The highest BCUT2D eigenvalue weighted by Crippen LogP contribution is 2.27. The van der Waals surface area contributed by atoms with Crippen LogP contribution in [0.5, 0.6) is 11.5 Å². The Hall–Kier alpha value is -2.58. The van der Waals surface area contributed by atoms with Crippen molar-refractivity contribution in [3.05, 3.63) is 53.6 Å². The quantitative estimate of drug-likeness (QED) is 0.777. The Labute approximate surface area is 147 Å². The smallest absolute Gasteiger partial charge is 0.251 e. The third-order valence-corrected chi connectivity index (χ3v) is 4.99. The molecule has 0 radical (unpaired) electrons. The average molecular weight is 364 g/mol. The summed E-state index contributed by atoms with van der Waals surface area (Å²) in [6.07, 6.45) is 0. The zero-order chi connectivity index (χ0) is 18.4. The largest absolute Gasteiger partial charge is 0.493 e. The second kappa shape index (κ2) is 8.00. The van der Waals surface area contributed by atoms with Crippen LogP contribution in [-0.2, 0) is 16.6 Å². The Kier molecular flexibility index (Phi) is 6.00. The normalized spacial score (nSPS) is 11.0. The minimum atomic E-state index is -3.70. The lowest BCUT2D eigenvalue weighted by molar-refractivity contribution is 0.0963. The van der Waals surface area contributed by atoms with Gasteiger partial charge in [0.15, 0.2) is 11.5 Å². The first-order chi connectivity index (χ1) is 11.9. The Bertz CT molecular complexity index is 848. The summed E-state index contributed by atoms with van der Waals surface area (Å²) in [4.78, 5) is 11.6. The molecule has 2 aromatic carbocycles. The molecule has 0 aliphatic heterocycles. The maximum absolute atomic E-state index is 12.4. The van der Waals surface area contributed by atoms with Gasteiger partial charge in [-0.3, -0.25) is 4.79 Å². The number of nitrogens with one attached hydrogen (secondary N) is 2. The molecule has 0 atom stereocenters. The van der Waals surface area contributed by atoms with Crippen LogP contribution in [0.3, 0.4) is 0 Å². The van der Waals surface area contributed by atoms with Crippen molar-refractivity contribution in [2.24, 2.45) is 0 Å². The summed E-state index contributed by atoms with van der Waals surface area (Å²) < 4.78 is 37.6. The minimum Gasteiger partial charge on any atom is -0.493 e. The molecule has 2 rings (SSSR count). The second-order valence-corrected chi connectivity index (χ2v) is 6.88. The highest BCUT2D eigenvalue weighted by atomic mass is 32.2. The predicted molar refractivity (Wildman–Crippen MR) is 93.4 cm³/mol. The van der Waals surface area contributed by atoms with Crippen molar-refractivity contribution in [2.75, 3.05) is 21.3 Å². The van der Waals surface area contributed by atoms with Gasteiger partial charge in [-0.2, -0.15) is 0 Å². The minimum absolute atomic E-state index is 0.0839. The molecule has 0 fully saturated rings. The van der Waals surface area contributed by atoms with E-state index in [0.29, 0.717) is 17.1 Å². The lowest BCUT2D eigenvalue weighted by Crippen LogP contribution is -2.23. The van der Waals surface area contributed by atoms with E-state index in [4.69, 9.17) is 9.47 Å². The summed E-state index contributed by atoms with van der Waals surface area (Å²) in [5.74, 6) is 0.815. The molecule has 0 aliphatic rings. The Morgan fingerprint density at radius 2 is 1.64 bits per heavy atom. The van der Waals surface area contributed by atoms with Gasteiger partial charge in [-0.05, 0) is 42.0 Å². The summed E-state index contributed by atoms with van der Waals surface area (Å²) >= 11 is 0. The van der Waals surface area contributed by atoms with Crippen molar-refractivity contribution in [3.8, 4) is 11.5 Å². The first-order valence-electron chi connectivity index (χ1n) is 7.44. The number of benzene rings is 2. The number of hydrogen-bond donors (Lipinski definition) is 2. The van der Waals surface area contributed by atoms with E-state index in [9.17, 15) is 13.2 Å². The van der Waals surface area contributed by atoms with Gasteiger partial charge in [-0.15, -0.1) is 0 Å². The van der Waals surface area contributed by atoms with Crippen LogP contribution in [0.25, 0.3) is 0 Å². The second-order valence-electron chi connectivity index (χ2n) is 5.12. The summed E-state index contributed by atoms with van der Waals surface area (Å²) in [6, 6.07) is 10.9. The van der Waals surface area contributed by atoms with Crippen molar-refractivity contribution < 1.29 is 22.7 Å². The molecule has 0 spiro atoms. The number of ether oxygens (including phenoxy) is 2. The molecule has 1 amide bonds. The van der Waals surface area contributed by atoms with Crippen LogP contribution in [0.2, 0.25) is 0 Å². The number of hydrogen-bond acceptors (Lipinski definition) is 5. The van der Waals surface area contributed by atoms with Crippen molar-refractivity contribution in [1.29, 1.82) is 0 Å². The fourth-order valence-corrected chi connectivity index (χ4v) is 3.20. The molecule has 2 aromatic rings. The molecule has 0 saturated heterocycles. The molecule has 134 valence electrons. The fraction of sp³-hybridized carbons (Fsp3) is 0.235. The molecule has 7 nitrogen and oxygen atoms in total. The molecule has 0 aliphatic carbocycles. The molecule has 8 heteroatoms. The average Bonchev–Trinajstić information content (AvgIpc) is 2.65. The third-order valence-electron chi connectivity index (χ3n) is 3.57. The van der Waals surface area contributed by atoms with Gasteiger partial charge in [-0.1, -0.05) is 6.07 Å². The predicted octanol–water partition coefficient (Wildman–Crippen LogP) is 1.54. The Morgan fingerprint density at radius 1 is 1.00 bits per heavy atom. The van der Waals surface area contributed by atoms with Crippen molar-refractivity contribution >= 4 is 15.9 Å². The summed E-state index contributed by atoms with van der Waals surface area (Å²) in [6.45, 7) is 0.0971. The van der Waals surface area contributed by atoms with Gasteiger partial charge in [0, 0.05) is 19.2 Å². The number of carbonyl (C=O) groups excluding carboxylic acids is 1. The summed E-state index contributed by atoms with van der Waals surface area (Å²) in [5, 5.41) is 2.48. The van der Waals surface area contributed by atoms with Crippen molar-refractivity contribution in [3.63, 3.8) is 0 Å². The molecule has 25 heavy (non-hydrogen) atoms. The lowest BCUT2D eigenvalue weighted by Gasteiger charge is -2.11. The number of carbonyl (C=O) groups is 1. The monoisotopic (exact) mass is 364 g/mol. The van der Waals surface area contributed by atoms with Crippen LogP contribution in [-0.4, -0.2) is 35.6 Å². The summed E-state index contributed by atoms with van der Waals surface area (Å²) in [7, 11) is 0.859. The topological polar surface area (TPSA) is 93.7 Å². The van der Waals surface area contributed by atoms with Crippen molar-refractivity contribution in [1.82, 2.24) is 10.0 Å². The molecular formula is C17H20N2O5S. The van der Waals surface area contributed by atoms with Gasteiger partial charge in [0.05, 0.1) is 19.1 Å². The molecule has 2 N–H and O–H groups in total. The standard InChI is InChI=1S/C17H20N2O5S/c1-18-17(20)13-5-7-14(8-6-13)25(21,22)19-11-12-4-9-15(23-2)16(10-12)24-3/h4-10,19H,11H2,1-3H3,(H,18,20). The number of rotatable bonds is 7. The van der Waals surface area contributed by atoms with E-state index >= 15 is 0 Å². The van der Waals surface area contributed by atoms with E-state index < -0.39 is 10.0 Å². The van der Waals surface area contributed by atoms with Crippen LogP contribution < -0.4 is 19.5 Å². The van der Waals surface area contributed by atoms with Gasteiger partial charge in [-0.25, -0.2) is 13.1 Å². The Balaban J connectivity index is 2.12. The van der Waals surface area contributed by atoms with Crippen molar-refractivity contribution in [2.45, 2.75) is 11.4 Å². The number of amides is 1. The van der Waals surface area contributed by atoms with Crippen LogP contribution in [0.1, 0.15) is 15.9 Å². The molecule has 0 heterocycles.